The lowest BCUT2D eigenvalue weighted by molar-refractivity contribution is 0.186. The summed E-state index contributed by atoms with van der Waals surface area (Å²) in [6, 6.07) is 4.49. The fourth-order valence-corrected chi connectivity index (χ4v) is 3.30. The molecule has 6 nitrogen and oxygen atoms in total. The van der Waals surface area contributed by atoms with Crippen molar-refractivity contribution in [1.82, 2.24) is 19.8 Å². The highest BCUT2D eigenvalue weighted by atomic mass is 16.3. The van der Waals surface area contributed by atoms with Crippen LogP contribution in [0.1, 0.15) is 50.0 Å². The maximum Gasteiger partial charge on any atom is 0.318 e. The van der Waals surface area contributed by atoms with E-state index in [-0.39, 0.29) is 6.03 Å². The minimum Gasteiger partial charge on any atom is -0.464 e. The Balaban J connectivity index is 1.27. The Morgan fingerprint density at radius 3 is 2.96 bits per heavy atom. The van der Waals surface area contributed by atoms with Gasteiger partial charge in [-0.2, -0.15) is 0 Å². The number of hydrogen-bond acceptors (Lipinski definition) is 3. The number of carbonyl (C=O) groups is 1. The van der Waals surface area contributed by atoms with Gasteiger partial charge >= 0.3 is 6.03 Å². The number of aromatic nitrogens is 2. The topological polar surface area (TPSA) is 63.3 Å². The number of urea groups is 1. The lowest BCUT2D eigenvalue weighted by Crippen LogP contribution is -2.41. The van der Waals surface area contributed by atoms with Crippen molar-refractivity contribution in [1.29, 1.82) is 0 Å². The number of nitrogens with one attached hydrogen (secondary N) is 1. The standard InChI is InChI=1S/C19H26N4O2/c1-14-11-17(14)18-6-5-16(25-18)12-23(15-3-4-15)19(24)21-7-2-9-22-10-8-20-13-22/h5-6,8,10,13-15,17H,2-4,7,9,11-12H2,1H3,(H,21,24)/t14-,17-/m1/s1. The van der Waals surface area contributed by atoms with Crippen molar-refractivity contribution in [2.45, 2.75) is 57.7 Å². The number of amides is 2. The maximum atomic E-state index is 12.5. The third-order valence-electron chi connectivity index (χ3n) is 5.16. The molecular formula is C19H26N4O2. The smallest absolute Gasteiger partial charge is 0.318 e. The predicted molar refractivity (Wildman–Crippen MR) is 94.0 cm³/mol. The summed E-state index contributed by atoms with van der Waals surface area (Å²) in [6.07, 6.45) is 9.81. The molecule has 0 saturated heterocycles. The third kappa shape index (κ3) is 4.06. The molecule has 2 fully saturated rings. The average molecular weight is 342 g/mol. The number of furan rings is 1. The molecule has 0 bridgehead atoms. The van der Waals surface area contributed by atoms with Crippen LogP contribution in [0.15, 0.2) is 35.3 Å². The second kappa shape index (κ2) is 6.94. The van der Waals surface area contributed by atoms with Gasteiger partial charge in [0.25, 0.3) is 0 Å². The summed E-state index contributed by atoms with van der Waals surface area (Å²) in [5.74, 6) is 3.30. The lowest BCUT2D eigenvalue weighted by Gasteiger charge is -2.21. The summed E-state index contributed by atoms with van der Waals surface area (Å²) < 4.78 is 8.00. The SMILES string of the molecule is C[C@@H]1C[C@H]1c1ccc(CN(C(=O)NCCCn2ccnc2)C2CC2)o1. The highest BCUT2D eigenvalue weighted by molar-refractivity contribution is 5.74. The second-order valence-electron chi connectivity index (χ2n) is 7.37. The monoisotopic (exact) mass is 342 g/mol. The molecule has 0 radical (unpaired) electrons. The van der Waals surface area contributed by atoms with Crippen LogP contribution in [0.25, 0.3) is 0 Å². The summed E-state index contributed by atoms with van der Waals surface area (Å²) in [5.41, 5.74) is 0. The highest BCUT2D eigenvalue weighted by Crippen LogP contribution is 2.47. The van der Waals surface area contributed by atoms with Crippen molar-refractivity contribution in [2.24, 2.45) is 5.92 Å². The molecule has 134 valence electrons. The van der Waals surface area contributed by atoms with Crippen molar-refractivity contribution in [3.05, 3.63) is 42.4 Å². The van der Waals surface area contributed by atoms with Gasteiger partial charge in [0, 0.05) is 37.4 Å². The van der Waals surface area contributed by atoms with Gasteiger partial charge in [0.1, 0.15) is 11.5 Å². The molecular weight excluding hydrogens is 316 g/mol. The molecule has 25 heavy (non-hydrogen) atoms. The van der Waals surface area contributed by atoms with Gasteiger partial charge in [-0.15, -0.1) is 0 Å². The summed E-state index contributed by atoms with van der Waals surface area (Å²) >= 11 is 0. The van der Waals surface area contributed by atoms with Gasteiger partial charge in [-0.3, -0.25) is 0 Å². The van der Waals surface area contributed by atoms with Gasteiger partial charge < -0.3 is 19.2 Å². The van der Waals surface area contributed by atoms with Crippen molar-refractivity contribution >= 4 is 6.03 Å². The van der Waals surface area contributed by atoms with E-state index in [1.165, 1.54) is 6.42 Å². The van der Waals surface area contributed by atoms with Gasteiger partial charge in [-0.25, -0.2) is 9.78 Å². The Morgan fingerprint density at radius 2 is 2.28 bits per heavy atom. The van der Waals surface area contributed by atoms with Crippen LogP contribution in [-0.2, 0) is 13.1 Å². The average Bonchev–Trinajstić information content (AvgIpc) is 3.46. The third-order valence-corrected chi connectivity index (χ3v) is 5.16. The first-order valence-electron chi connectivity index (χ1n) is 9.29. The number of aryl methyl sites for hydroxylation is 1. The summed E-state index contributed by atoms with van der Waals surface area (Å²) in [7, 11) is 0. The Kier molecular flexibility index (Phi) is 4.51. The molecule has 6 heteroatoms. The van der Waals surface area contributed by atoms with Crippen LogP contribution in [-0.4, -0.2) is 33.1 Å². The van der Waals surface area contributed by atoms with Crippen LogP contribution >= 0.6 is 0 Å². The molecule has 2 aliphatic rings. The Morgan fingerprint density at radius 1 is 1.44 bits per heavy atom. The van der Waals surface area contributed by atoms with Gasteiger partial charge in [0.05, 0.1) is 12.9 Å². The molecule has 4 rings (SSSR count). The Hall–Kier alpha value is -2.24. The van der Waals surface area contributed by atoms with E-state index in [1.54, 1.807) is 12.5 Å². The second-order valence-corrected chi connectivity index (χ2v) is 7.37. The van der Waals surface area contributed by atoms with E-state index in [4.69, 9.17) is 4.42 Å². The summed E-state index contributed by atoms with van der Waals surface area (Å²) in [5, 5.41) is 3.05. The molecule has 2 aliphatic carbocycles. The van der Waals surface area contributed by atoms with Gasteiger partial charge in [0.15, 0.2) is 0 Å². The van der Waals surface area contributed by atoms with Crippen LogP contribution in [0.2, 0.25) is 0 Å². The van der Waals surface area contributed by atoms with Crippen molar-refractivity contribution in [3.63, 3.8) is 0 Å². The van der Waals surface area contributed by atoms with E-state index in [2.05, 4.69) is 23.3 Å². The van der Waals surface area contributed by atoms with E-state index in [0.29, 0.717) is 25.0 Å². The quantitative estimate of drug-likeness (QED) is 0.748. The van der Waals surface area contributed by atoms with Crippen LogP contribution in [0.3, 0.4) is 0 Å². The molecule has 2 heterocycles. The van der Waals surface area contributed by atoms with E-state index < -0.39 is 0 Å². The number of nitrogens with zero attached hydrogens (tertiary/aromatic N) is 3. The van der Waals surface area contributed by atoms with Crippen molar-refractivity contribution in [2.75, 3.05) is 6.54 Å². The first-order valence-corrected chi connectivity index (χ1v) is 9.29. The number of imidazole rings is 1. The first-order chi connectivity index (χ1) is 12.2. The van der Waals surface area contributed by atoms with Gasteiger partial charge in [-0.05, 0) is 43.7 Å². The lowest BCUT2D eigenvalue weighted by atomic mass is 10.3. The summed E-state index contributed by atoms with van der Waals surface area (Å²) in [4.78, 5) is 18.5. The molecule has 2 amide bonds. The number of hydrogen-bond donors (Lipinski definition) is 1. The zero-order valence-electron chi connectivity index (χ0n) is 14.7. The fraction of sp³-hybridized carbons (Fsp3) is 0.579. The molecule has 1 N–H and O–H groups in total. The molecule has 0 aliphatic heterocycles. The zero-order valence-corrected chi connectivity index (χ0v) is 14.7. The van der Waals surface area contributed by atoms with Crippen molar-refractivity contribution in [3.8, 4) is 0 Å². The van der Waals surface area contributed by atoms with Crippen LogP contribution in [0.4, 0.5) is 4.79 Å². The van der Waals surface area contributed by atoms with Crippen molar-refractivity contribution < 1.29 is 9.21 Å². The van der Waals surface area contributed by atoms with E-state index in [1.807, 2.05) is 21.7 Å². The van der Waals surface area contributed by atoms with Crippen LogP contribution in [0, 0.1) is 5.92 Å². The van der Waals surface area contributed by atoms with Crippen LogP contribution < -0.4 is 5.32 Å². The normalized spacial score (nSPS) is 22.0. The zero-order chi connectivity index (χ0) is 17.2. The predicted octanol–water partition coefficient (Wildman–Crippen LogP) is 3.36. The van der Waals surface area contributed by atoms with Crippen LogP contribution in [0.5, 0.6) is 0 Å². The van der Waals surface area contributed by atoms with E-state index >= 15 is 0 Å². The highest BCUT2D eigenvalue weighted by Gasteiger charge is 2.37. The minimum absolute atomic E-state index is 0.0193. The molecule has 2 saturated carbocycles. The fourth-order valence-electron chi connectivity index (χ4n) is 3.30. The molecule has 2 aromatic rings. The van der Waals surface area contributed by atoms with Gasteiger partial charge in [0.2, 0.25) is 0 Å². The number of rotatable bonds is 8. The van der Waals surface area contributed by atoms with E-state index in [9.17, 15) is 4.79 Å². The van der Waals surface area contributed by atoms with Gasteiger partial charge in [-0.1, -0.05) is 6.92 Å². The molecule has 2 aromatic heterocycles. The Labute approximate surface area is 148 Å². The summed E-state index contributed by atoms with van der Waals surface area (Å²) in [6.45, 7) is 4.35. The van der Waals surface area contributed by atoms with E-state index in [0.717, 1.165) is 43.2 Å². The molecule has 2 atom stereocenters. The molecule has 0 spiro atoms. The minimum atomic E-state index is 0.0193. The largest absolute Gasteiger partial charge is 0.464 e. The molecule has 0 unspecified atom stereocenters. The first kappa shape index (κ1) is 16.2. The maximum absolute atomic E-state index is 12.5. The number of carbonyl (C=O) groups excluding carboxylic acids is 1. The molecule has 0 aromatic carbocycles. The Bertz CT molecular complexity index is 705.